The average Bonchev–Trinajstić information content (AvgIpc) is 2.99. The minimum Gasteiger partial charge on any atom is -0.356 e. The second-order valence-electron chi connectivity index (χ2n) is 7.93. The Bertz CT molecular complexity index is 313. The first kappa shape index (κ1) is 22.4. The fraction of sp³-hybridized carbons (Fsp3) is 0.913. The Hall–Kier alpha value is -0.660. The molecule has 2 nitrogen and oxygen atoms in total. The van der Waals surface area contributed by atoms with Gasteiger partial charge in [-0.2, -0.15) is 0 Å². The summed E-state index contributed by atoms with van der Waals surface area (Å²) < 4.78 is 0. The molecule has 2 heteroatoms. The van der Waals surface area contributed by atoms with Gasteiger partial charge in [0.05, 0.1) is 0 Å². The van der Waals surface area contributed by atoms with Gasteiger partial charge >= 0.3 is 0 Å². The van der Waals surface area contributed by atoms with Crippen LogP contribution < -0.4 is 0 Å². The Kier molecular flexibility index (Phi) is 14.0. The molecular weight excluding hydrogens is 304 g/mol. The molecule has 1 rings (SSSR count). The maximum absolute atomic E-state index is 2.63. The summed E-state index contributed by atoms with van der Waals surface area (Å²) in [6.45, 7) is 9.36. The Morgan fingerprint density at radius 1 is 0.520 bits per heavy atom. The fourth-order valence-corrected chi connectivity index (χ4v) is 3.96. The topological polar surface area (TPSA) is 6.48 Å². The molecule has 0 aromatic carbocycles. The van der Waals surface area contributed by atoms with E-state index in [1.54, 1.807) is 0 Å². The Balaban J connectivity index is 2.21. The molecular formula is C23H46N2. The maximum atomic E-state index is 2.63. The van der Waals surface area contributed by atoms with Gasteiger partial charge in [0.15, 0.2) is 0 Å². The van der Waals surface area contributed by atoms with Gasteiger partial charge < -0.3 is 9.80 Å². The highest BCUT2D eigenvalue weighted by Gasteiger charge is 2.24. The van der Waals surface area contributed by atoms with Gasteiger partial charge in [0.1, 0.15) is 6.17 Å². The van der Waals surface area contributed by atoms with Gasteiger partial charge in [-0.05, 0) is 25.7 Å². The van der Waals surface area contributed by atoms with Crippen LogP contribution in [0.25, 0.3) is 0 Å². The standard InChI is InChI=1S/C23H46N2/c1-4-7-9-11-13-14-16-18-23-24(19-6-3)21-22-25(23)20-17-15-12-10-8-5-2/h21-23H,4-20H2,1-3H3. The molecule has 1 atom stereocenters. The smallest absolute Gasteiger partial charge is 0.101 e. The van der Waals surface area contributed by atoms with Crippen LogP contribution in [0.5, 0.6) is 0 Å². The van der Waals surface area contributed by atoms with E-state index in [1.165, 1.54) is 109 Å². The van der Waals surface area contributed by atoms with Crippen LogP contribution in [0, 0.1) is 0 Å². The number of nitrogens with zero attached hydrogens (tertiary/aromatic N) is 2. The highest BCUT2D eigenvalue weighted by Crippen LogP contribution is 2.23. The van der Waals surface area contributed by atoms with Gasteiger partial charge in [0.25, 0.3) is 0 Å². The third kappa shape index (κ3) is 10.2. The largest absolute Gasteiger partial charge is 0.356 e. The zero-order chi connectivity index (χ0) is 18.2. The molecule has 1 aliphatic rings. The Morgan fingerprint density at radius 3 is 1.56 bits per heavy atom. The van der Waals surface area contributed by atoms with Crippen molar-refractivity contribution in [1.82, 2.24) is 9.80 Å². The number of hydrogen-bond donors (Lipinski definition) is 0. The van der Waals surface area contributed by atoms with Crippen molar-refractivity contribution in [2.75, 3.05) is 13.1 Å². The third-order valence-electron chi connectivity index (χ3n) is 5.53. The molecule has 1 aliphatic heterocycles. The second kappa shape index (κ2) is 15.6. The molecule has 0 aromatic heterocycles. The first-order valence-electron chi connectivity index (χ1n) is 11.5. The molecule has 25 heavy (non-hydrogen) atoms. The second-order valence-corrected chi connectivity index (χ2v) is 7.93. The number of unbranched alkanes of at least 4 members (excludes halogenated alkanes) is 11. The zero-order valence-electron chi connectivity index (χ0n) is 17.6. The van der Waals surface area contributed by atoms with Crippen molar-refractivity contribution in [2.45, 2.75) is 123 Å². The summed E-state index contributed by atoms with van der Waals surface area (Å²) in [5, 5.41) is 0. The van der Waals surface area contributed by atoms with Crippen molar-refractivity contribution in [3.63, 3.8) is 0 Å². The predicted octanol–water partition coefficient (Wildman–Crippen LogP) is 7.31. The van der Waals surface area contributed by atoms with E-state index < -0.39 is 0 Å². The van der Waals surface area contributed by atoms with E-state index in [1.807, 2.05) is 0 Å². The van der Waals surface area contributed by atoms with Gasteiger partial charge in [-0.3, -0.25) is 0 Å². The summed E-state index contributed by atoms with van der Waals surface area (Å²) in [6, 6.07) is 0. The van der Waals surface area contributed by atoms with Crippen LogP contribution in [0.4, 0.5) is 0 Å². The van der Waals surface area contributed by atoms with E-state index >= 15 is 0 Å². The molecule has 0 aromatic rings. The average molecular weight is 351 g/mol. The molecule has 0 amide bonds. The van der Waals surface area contributed by atoms with Crippen LogP contribution >= 0.6 is 0 Å². The molecule has 0 fully saturated rings. The van der Waals surface area contributed by atoms with Crippen LogP contribution in [0.15, 0.2) is 12.4 Å². The van der Waals surface area contributed by atoms with Crippen LogP contribution in [-0.2, 0) is 0 Å². The summed E-state index contributed by atoms with van der Waals surface area (Å²) in [5.41, 5.74) is 0. The third-order valence-corrected chi connectivity index (χ3v) is 5.53. The van der Waals surface area contributed by atoms with E-state index in [9.17, 15) is 0 Å². The Labute approximate surface area is 159 Å². The van der Waals surface area contributed by atoms with E-state index in [-0.39, 0.29) is 0 Å². The summed E-state index contributed by atoms with van der Waals surface area (Å²) in [5.74, 6) is 0. The van der Waals surface area contributed by atoms with E-state index in [0.29, 0.717) is 6.17 Å². The minimum absolute atomic E-state index is 0.645. The molecule has 0 saturated heterocycles. The molecule has 0 saturated carbocycles. The lowest BCUT2D eigenvalue weighted by molar-refractivity contribution is 0.137. The lowest BCUT2D eigenvalue weighted by Crippen LogP contribution is -2.39. The van der Waals surface area contributed by atoms with Crippen LogP contribution in [-0.4, -0.2) is 29.1 Å². The van der Waals surface area contributed by atoms with Gasteiger partial charge in [-0.1, -0.05) is 91.4 Å². The normalized spacial score (nSPS) is 17.0. The summed E-state index contributed by atoms with van der Waals surface area (Å²) in [4.78, 5) is 5.22. The van der Waals surface area contributed by atoms with Crippen molar-refractivity contribution >= 4 is 0 Å². The highest BCUT2D eigenvalue weighted by atomic mass is 15.4. The molecule has 1 heterocycles. The minimum atomic E-state index is 0.645. The molecule has 148 valence electrons. The van der Waals surface area contributed by atoms with Gasteiger partial charge in [-0.15, -0.1) is 0 Å². The van der Waals surface area contributed by atoms with Crippen molar-refractivity contribution in [1.29, 1.82) is 0 Å². The Morgan fingerprint density at radius 2 is 1.00 bits per heavy atom. The van der Waals surface area contributed by atoms with Crippen LogP contribution in [0.1, 0.15) is 117 Å². The lowest BCUT2D eigenvalue weighted by atomic mass is 10.1. The van der Waals surface area contributed by atoms with Crippen LogP contribution in [0.2, 0.25) is 0 Å². The van der Waals surface area contributed by atoms with Gasteiger partial charge in [0, 0.05) is 25.5 Å². The zero-order valence-corrected chi connectivity index (χ0v) is 17.6. The van der Waals surface area contributed by atoms with Gasteiger partial charge in [-0.25, -0.2) is 0 Å². The van der Waals surface area contributed by atoms with Crippen LogP contribution in [0.3, 0.4) is 0 Å². The molecule has 1 unspecified atom stereocenters. The molecule has 0 aliphatic carbocycles. The number of hydrogen-bond acceptors (Lipinski definition) is 2. The van der Waals surface area contributed by atoms with Crippen molar-refractivity contribution in [2.24, 2.45) is 0 Å². The number of rotatable bonds is 17. The predicted molar refractivity (Wildman–Crippen MR) is 113 cm³/mol. The molecule has 0 N–H and O–H groups in total. The van der Waals surface area contributed by atoms with E-state index in [4.69, 9.17) is 0 Å². The summed E-state index contributed by atoms with van der Waals surface area (Å²) in [7, 11) is 0. The first-order valence-corrected chi connectivity index (χ1v) is 11.5. The van der Waals surface area contributed by atoms with E-state index in [0.717, 1.165) is 0 Å². The lowest BCUT2D eigenvalue weighted by Gasteiger charge is -2.33. The quantitative estimate of drug-likeness (QED) is 0.254. The van der Waals surface area contributed by atoms with Gasteiger partial charge in [0.2, 0.25) is 0 Å². The summed E-state index contributed by atoms with van der Waals surface area (Å²) >= 11 is 0. The monoisotopic (exact) mass is 350 g/mol. The SMILES string of the molecule is CCCCCCCCCC1N(CCC)C=CN1CCCCCCCC. The summed E-state index contributed by atoms with van der Waals surface area (Å²) in [6.07, 6.45) is 26.2. The first-order chi connectivity index (χ1) is 12.3. The highest BCUT2D eigenvalue weighted by molar-refractivity contribution is 4.96. The molecule has 0 bridgehead atoms. The van der Waals surface area contributed by atoms with Crippen molar-refractivity contribution in [3.8, 4) is 0 Å². The van der Waals surface area contributed by atoms with Crippen molar-refractivity contribution in [3.05, 3.63) is 12.4 Å². The van der Waals surface area contributed by atoms with Crippen molar-refractivity contribution < 1.29 is 0 Å². The maximum Gasteiger partial charge on any atom is 0.101 e. The fourth-order valence-electron chi connectivity index (χ4n) is 3.96. The molecule has 0 radical (unpaired) electrons. The molecule has 0 spiro atoms. The van der Waals surface area contributed by atoms with E-state index in [2.05, 4.69) is 43.0 Å².